The minimum atomic E-state index is -1.37. The van der Waals surface area contributed by atoms with Gasteiger partial charge in [0.2, 0.25) is 17.7 Å². The van der Waals surface area contributed by atoms with E-state index >= 15 is 0 Å². The van der Waals surface area contributed by atoms with Crippen LogP contribution in [-0.2, 0) is 41.7 Å². The van der Waals surface area contributed by atoms with Gasteiger partial charge in [-0.3, -0.25) is 19.2 Å². The maximum Gasteiger partial charge on any atom is 0.329 e. The first kappa shape index (κ1) is 45.0. The molecule has 5 N–H and O–H groups in total. The van der Waals surface area contributed by atoms with Gasteiger partial charge in [0.05, 0.1) is 18.6 Å². The molecule has 4 aromatic rings. The molecule has 0 fully saturated rings. The number of amides is 4. The third-order valence-corrected chi connectivity index (χ3v) is 10.1. The molecule has 0 heterocycles. The van der Waals surface area contributed by atoms with Gasteiger partial charge in [-0.05, 0) is 58.2 Å². The van der Waals surface area contributed by atoms with E-state index in [4.69, 9.17) is 9.47 Å². The van der Waals surface area contributed by atoms with Crippen molar-refractivity contribution in [2.75, 3.05) is 6.61 Å². The minimum absolute atomic E-state index is 0.0493. The van der Waals surface area contributed by atoms with Crippen LogP contribution in [0.4, 0.5) is 0 Å². The largest absolute Gasteiger partial charge is 0.484 e. The molecule has 12 nitrogen and oxygen atoms in total. The highest BCUT2D eigenvalue weighted by Crippen LogP contribution is 2.21. The molecule has 0 saturated carbocycles. The van der Waals surface area contributed by atoms with Gasteiger partial charge in [0, 0.05) is 0 Å². The van der Waals surface area contributed by atoms with E-state index in [2.05, 4.69) is 21.3 Å². The number of fused-ring (bicyclic) bond motifs is 1. The lowest BCUT2D eigenvalue weighted by atomic mass is 9.95. The van der Waals surface area contributed by atoms with Gasteiger partial charge in [-0.25, -0.2) is 4.79 Å². The Morgan fingerprint density at radius 1 is 0.621 bits per heavy atom. The molecule has 0 aliphatic carbocycles. The zero-order valence-corrected chi connectivity index (χ0v) is 34.3. The second-order valence-electron chi connectivity index (χ2n) is 15.4. The normalized spacial score (nSPS) is 14.4. The Labute approximate surface area is 341 Å². The molecule has 0 aromatic heterocycles. The number of esters is 1. The number of ether oxygens (including phenoxy) is 2. The molecule has 0 spiro atoms. The lowest BCUT2D eigenvalue weighted by Crippen LogP contribution is -2.57. The highest BCUT2D eigenvalue weighted by molar-refractivity contribution is 5.91. The Balaban J connectivity index is 1.41. The number of benzene rings is 4. The highest BCUT2D eigenvalue weighted by Gasteiger charge is 2.34. The number of nitrogens with one attached hydrogen (secondary N) is 4. The van der Waals surface area contributed by atoms with Crippen LogP contribution in [0, 0.1) is 17.8 Å². The number of aliphatic hydroxyl groups excluding tert-OH is 1. The Morgan fingerprint density at radius 3 is 1.81 bits per heavy atom. The molecular formula is C46H58N4O8. The van der Waals surface area contributed by atoms with E-state index in [1.807, 2.05) is 111 Å². The standard InChI is InChI=1S/C46H58N4O8/c1-7-31(6)43(45(55)50-42(30(4)5)46(56)58-27-33-18-12-9-13-19-33)48-39(52)26-38(51)37(24-32-16-10-8-11-17-32)47-44(54)41(29(2)3)49-40(53)28-57-36-23-22-34-20-14-15-21-35(34)25-36/h8-23,25,29-31,37-38,41-43,51H,7,24,26-28H2,1-6H3,(H,47,54)(H,48,52)(H,49,53)(H,50,55)/t31-,37-,38-,41-,42-,43-/m0/s1. The van der Waals surface area contributed by atoms with Crippen molar-refractivity contribution in [2.24, 2.45) is 17.8 Å². The van der Waals surface area contributed by atoms with Crippen LogP contribution in [0.5, 0.6) is 5.75 Å². The topological polar surface area (TPSA) is 172 Å². The molecular weight excluding hydrogens is 737 g/mol. The van der Waals surface area contributed by atoms with E-state index in [9.17, 15) is 29.1 Å². The summed E-state index contributed by atoms with van der Waals surface area (Å²) in [6.45, 7) is 10.6. The molecule has 58 heavy (non-hydrogen) atoms. The van der Waals surface area contributed by atoms with Gasteiger partial charge in [0.15, 0.2) is 6.61 Å². The molecule has 310 valence electrons. The molecule has 12 heteroatoms. The van der Waals surface area contributed by atoms with Gasteiger partial charge in [-0.2, -0.15) is 0 Å². The number of hydrogen-bond donors (Lipinski definition) is 5. The molecule has 0 bridgehead atoms. The number of hydrogen-bond acceptors (Lipinski definition) is 8. The summed E-state index contributed by atoms with van der Waals surface area (Å²) in [5, 5.41) is 24.7. The molecule has 4 aromatic carbocycles. The van der Waals surface area contributed by atoms with Gasteiger partial charge in [-0.1, -0.05) is 139 Å². The summed E-state index contributed by atoms with van der Waals surface area (Å²) in [6.07, 6.45) is -1.10. The number of aliphatic hydroxyl groups is 1. The summed E-state index contributed by atoms with van der Waals surface area (Å²) in [5.74, 6) is -3.25. The Bertz CT molecular complexity index is 1960. The van der Waals surface area contributed by atoms with Crippen molar-refractivity contribution >= 4 is 40.4 Å². The molecule has 6 atom stereocenters. The summed E-state index contributed by atoms with van der Waals surface area (Å²) in [7, 11) is 0. The zero-order chi connectivity index (χ0) is 42.2. The van der Waals surface area contributed by atoms with E-state index in [1.54, 1.807) is 33.8 Å². The second kappa shape index (κ2) is 22.3. The van der Waals surface area contributed by atoms with Crippen molar-refractivity contribution in [3.05, 3.63) is 114 Å². The molecule has 0 radical (unpaired) electrons. The van der Waals surface area contributed by atoms with Crippen molar-refractivity contribution in [1.82, 2.24) is 21.3 Å². The van der Waals surface area contributed by atoms with Crippen LogP contribution in [0.25, 0.3) is 10.8 Å². The van der Waals surface area contributed by atoms with E-state index < -0.39 is 66.3 Å². The van der Waals surface area contributed by atoms with Crippen molar-refractivity contribution in [3.8, 4) is 5.75 Å². The maximum absolute atomic E-state index is 13.8. The molecule has 0 aliphatic heterocycles. The van der Waals surface area contributed by atoms with Crippen LogP contribution >= 0.6 is 0 Å². The number of rotatable bonds is 21. The third-order valence-electron chi connectivity index (χ3n) is 10.1. The van der Waals surface area contributed by atoms with E-state index in [0.29, 0.717) is 12.2 Å². The first-order valence-corrected chi connectivity index (χ1v) is 20.0. The Kier molecular flexibility index (Phi) is 17.3. The van der Waals surface area contributed by atoms with Gasteiger partial charge < -0.3 is 35.8 Å². The van der Waals surface area contributed by atoms with E-state index in [0.717, 1.165) is 21.9 Å². The fourth-order valence-corrected chi connectivity index (χ4v) is 6.41. The molecule has 4 rings (SSSR count). The first-order chi connectivity index (χ1) is 27.7. The van der Waals surface area contributed by atoms with E-state index in [-0.39, 0.29) is 37.4 Å². The second-order valence-corrected chi connectivity index (χ2v) is 15.4. The highest BCUT2D eigenvalue weighted by atomic mass is 16.5. The monoisotopic (exact) mass is 794 g/mol. The van der Waals surface area contributed by atoms with Gasteiger partial charge >= 0.3 is 5.97 Å². The molecule has 4 amide bonds. The predicted molar refractivity (Wildman–Crippen MR) is 223 cm³/mol. The Hall–Kier alpha value is -5.75. The van der Waals surface area contributed by atoms with Crippen molar-refractivity contribution in [3.63, 3.8) is 0 Å². The fourth-order valence-electron chi connectivity index (χ4n) is 6.41. The van der Waals surface area contributed by atoms with E-state index in [1.165, 1.54) is 0 Å². The van der Waals surface area contributed by atoms with Crippen LogP contribution in [0.15, 0.2) is 103 Å². The smallest absolute Gasteiger partial charge is 0.329 e. The lowest BCUT2D eigenvalue weighted by Gasteiger charge is -2.30. The average molecular weight is 795 g/mol. The number of carbonyl (C=O) groups excluding carboxylic acids is 5. The summed E-state index contributed by atoms with van der Waals surface area (Å²) < 4.78 is 11.3. The summed E-state index contributed by atoms with van der Waals surface area (Å²) in [5.41, 5.74) is 1.61. The Morgan fingerprint density at radius 2 is 1.19 bits per heavy atom. The fraction of sp³-hybridized carbons (Fsp3) is 0.413. The van der Waals surface area contributed by atoms with Crippen LogP contribution in [0.2, 0.25) is 0 Å². The quantitative estimate of drug-likeness (QED) is 0.0712. The first-order valence-electron chi connectivity index (χ1n) is 20.0. The summed E-state index contributed by atoms with van der Waals surface area (Å²) in [6, 6.07) is 27.8. The van der Waals surface area contributed by atoms with Gasteiger partial charge in [0.1, 0.15) is 30.5 Å². The predicted octanol–water partition coefficient (Wildman–Crippen LogP) is 5.25. The van der Waals surface area contributed by atoms with Crippen molar-refractivity contribution < 1.29 is 38.6 Å². The maximum atomic E-state index is 13.8. The average Bonchev–Trinajstić information content (AvgIpc) is 3.21. The van der Waals surface area contributed by atoms with Crippen molar-refractivity contribution in [1.29, 1.82) is 0 Å². The lowest BCUT2D eigenvalue weighted by molar-refractivity contribution is -0.150. The van der Waals surface area contributed by atoms with Gasteiger partial charge in [-0.15, -0.1) is 0 Å². The SMILES string of the molecule is CC[C@H](C)[C@H](NC(=O)C[C@H](O)[C@H](Cc1ccccc1)NC(=O)[C@@H](NC(=O)COc1ccc2ccccc2c1)C(C)C)C(=O)N[C@H](C(=O)OCc1ccccc1)C(C)C. The van der Waals surface area contributed by atoms with Crippen LogP contribution in [0.1, 0.15) is 65.5 Å². The van der Waals surface area contributed by atoms with Crippen molar-refractivity contribution in [2.45, 2.75) is 97.7 Å². The summed E-state index contributed by atoms with van der Waals surface area (Å²) in [4.78, 5) is 67.2. The third kappa shape index (κ3) is 13.7. The number of carbonyl (C=O) groups is 5. The molecule has 0 unspecified atom stereocenters. The minimum Gasteiger partial charge on any atom is -0.484 e. The van der Waals surface area contributed by atoms with Crippen LogP contribution < -0.4 is 26.0 Å². The van der Waals surface area contributed by atoms with Crippen LogP contribution in [0.3, 0.4) is 0 Å². The van der Waals surface area contributed by atoms with Crippen LogP contribution in [-0.4, -0.2) is 71.6 Å². The zero-order valence-electron chi connectivity index (χ0n) is 34.3. The molecule has 0 aliphatic rings. The molecule has 0 saturated heterocycles. The van der Waals surface area contributed by atoms with Gasteiger partial charge in [0.25, 0.3) is 5.91 Å². The summed E-state index contributed by atoms with van der Waals surface area (Å²) >= 11 is 0.